The number of aromatic carboxylic acids is 1. The van der Waals surface area contributed by atoms with Crippen LogP contribution in [-0.2, 0) is 0 Å². The molecule has 2 N–H and O–H groups in total. The molecule has 0 bridgehead atoms. The molecule has 0 spiro atoms. The van der Waals surface area contributed by atoms with Crippen molar-refractivity contribution in [2.45, 2.75) is 0 Å². The third kappa shape index (κ3) is 3.40. The number of methoxy groups -OCH3 is 3. The Balaban J connectivity index is 2.44. The zero-order valence-electron chi connectivity index (χ0n) is 13.5. The van der Waals surface area contributed by atoms with Crippen molar-refractivity contribution >= 4 is 17.6 Å². The van der Waals surface area contributed by atoms with E-state index < -0.39 is 11.9 Å². The Hall–Kier alpha value is -3.22. The van der Waals surface area contributed by atoms with Crippen molar-refractivity contribution in [3.05, 3.63) is 47.5 Å². The Morgan fingerprint density at radius 2 is 1.46 bits per heavy atom. The molecule has 0 unspecified atom stereocenters. The van der Waals surface area contributed by atoms with Crippen LogP contribution >= 0.6 is 0 Å². The van der Waals surface area contributed by atoms with E-state index in [-0.39, 0.29) is 22.6 Å². The molecule has 0 fully saturated rings. The molecule has 0 radical (unpaired) electrons. The van der Waals surface area contributed by atoms with E-state index in [1.165, 1.54) is 33.5 Å². The number of ether oxygens (including phenoxy) is 3. The maximum atomic E-state index is 12.5. The van der Waals surface area contributed by atoms with Crippen molar-refractivity contribution in [1.29, 1.82) is 0 Å². The number of carbonyl (C=O) groups is 2. The van der Waals surface area contributed by atoms with E-state index in [4.69, 9.17) is 14.2 Å². The Kier molecular flexibility index (Phi) is 5.26. The van der Waals surface area contributed by atoms with Gasteiger partial charge in [0.2, 0.25) is 0 Å². The van der Waals surface area contributed by atoms with Gasteiger partial charge in [0, 0.05) is 12.1 Å². The van der Waals surface area contributed by atoms with Gasteiger partial charge in [0.1, 0.15) is 5.75 Å². The lowest BCUT2D eigenvalue weighted by Gasteiger charge is -2.14. The third-order valence-electron chi connectivity index (χ3n) is 3.35. The number of anilines is 1. The largest absolute Gasteiger partial charge is 0.496 e. The second kappa shape index (κ2) is 7.36. The van der Waals surface area contributed by atoms with Crippen LogP contribution in [0.4, 0.5) is 5.69 Å². The first-order chi connectivity index (χ1) is 11.5. The minimum Gasteiger partial charge on any atom is -0.496 e. The first-order valence-corrected chi connectivity index (χ1v) is 6.95. The average Bonchev–Trinajstić information content (AvgIpc) is 2.60. The zero-order chi connectivity index (χ0) is 17.7. The molecule has 2 aromatic rings. The molecule has 0 aliphatic heterocycles. The van der Waals surface area contributed by atoms with Gasteiger partial charge >= 0.3 is 5.97 Å². The highest BCUT2D eigenvalue weighted by atomic mass is 16.5. The van der Waals surface area contributed by atoms with Crippen LogP contribution in [0.25, 0.3) is 0 Å². The summed E-state index contributed by atoms with van der Waals surface area (Å²) in [5.41, 5.74) is 0.262. The minimum atomic E-state index is -1.20. The van der Waals surface area contributed by atoms with E-state index in [0.717, 1.165) is 0 Å². The van der Waals surface area contributed by atoms with Gasteiger partial charge in [-0.25, -0.2) is 4.79 Å². The Bertz CT molecular complexity index is 772. The lowest BCUT2D eigenvalue weighted by atomic mass is 10.1. The van der Waals surface area contributed by atoms with Crippen LogP contribution in [0, 0.1) is 0 Å². The van der Waals surface area contributed by atoms with Gasteiger partial charge in [-0.15, -0.1) is 0 Å². The van der Waals surface area contributed by atoms with Crippen molar-refractivity contribution in [1.82, 2.24) is 0 Å². The molecule has 0 aliphatic rings. The van der Waals surface area contributed by atoms with E-state index in [1.807, 2.05) is 0 Å². The highest BCUT2D eigenvalue weighted by molar-refractivity contribution is 6.09. The smallest absolute Gasteiger partial charge is 0.337 e. The van der Waals surface area contributed by atoms with E-state index in [0.29, 0.717) is 11.5 Å². The second-order valence-corrected chi connectivity index (χ2v) is 4.71. The quantitative estimate of drug-likeness (QED) is 0.845. The number of carboxylic acids is 1. The van der Waals surface area contributed by atoms with Crippen LogP contribution < -0.4 is 19.5 Å². The van der Waals surface area contributed by atoms with Crippen LogP contribution in [0.3, 0.4) is 0 Å². The van der Waals surface area contributed by atoms with Crippen molar-refractivity contribution in [2.75, 3.05) is 26.6 Å². The number of carbonyl (C=O) groups excluding carboxylic acids is 1. The Morgan fingerprint density at radius 3 is 2.04 bits per heavy atom. The molecule has 1 amide bonds. The first kappa shape index (κ1) is 17.1. The lowest BCUT2D eigenvalue weighted by Crippen LogP contribution is -2.16. The molecular weight excluding hydrogens is 314 g/mol. The number of carboxylic acid groups (broad SMARTS) is 1. The molecule has 7 nitrogen and oxygen atoms in total. The number of nitrogens with one attached hydrogen (secondary N) is 1. The third-order valence-corrected chi connectivity index (χ3v) is 3.35. The van der Waals surface area contributed by atoms with Crippen molar-refractivity contribution in [2.24, 2.45) is 0 Å². The first-order valence-electron chi connectivity index (χ1n) is 6.95. The van der Waals surface area contributed by atoms with Gasteiger partial charge in [0.25, 0.3) is 5.91 Å². The summed E-state index contributed by atoms with van der Waals surface area (Å²) < 4.78 is 15.4. The standard InChI is InChI=1S/C17H17NO6/c1-22-13-7-5-4-6-10(13)16(19)18-12-9-15(24-3)14(23-2)8-11(12)17(20)21/h4-9H,1-3H3,(H,18,19)(H,20,21). The maximum Gasteiger partial charge on any atom is 0.337 e. The van der Waals surface area contributed by atoms with Gasteiger partial charge in [-0.05, 0) is 12.1 Å². The second-order valence-electron chi connectivity index (χ2n) is 4.71. The monoisotopic (exact) mass is 331 g/mol. The fourth-order valence-corrected chi connectivity index (χ4v) is 2.18. The van der Waals surface area contributed by atoms with Gasteiger partial charge in [0.05, 0.1) is 38.1 Å². The maximum absolute atomic E-state index is 12.5. The molecule has 0 aromatic heterocycles. The van der Waals surface area contributed by atoms with Crippen LogP contribution in [-0.4, -0.2) is 38.3 Å². The molecule has 2 aromatic carbocycles. The highest BCUT2D eigenvalue weighted by Gasteiger charge is 2.19. The van der Waals surface area contributed by atoms with Crippen LogP contribution in [0.2, 0.25) is 0 Å². The normalized spacial score (nSPS) is 9.96. The van der Waals surface area contributed by atoms with E-state index in [2.05, 4.69) is 5.32 Å². The molecule has 0 saturated carbocycles. The number of para-hydroxylation sites is 1. The molecule has 0 saturated heterocycles. The summed E-state index contributed by atoms with van der Waals surface area (Å²) in [4.78, 5) is 23.9. The van der Waals surface area contributed by atoms with Gasteiger partial charge in [-0.3, -0.25) is 4.79 Å². The summed E-state index contributed by atoms with van der Waals surface area (Å²) in [7, 11) is 4.27. The van der Waals surface area contributed by atoms with Crippen LogP contribution in [0.5, 0.6) is 17.2 Å². The fraction of sp³-hybridized carbons (Fsp3) is 0.176. The molecule has 0 atom stereocenters. The van der Waals surface area contributed by atoms with E-state index in [1.54, 1.807) is 24.3 Å². The lowest BCUT2D eigenvalue weighted by molar-refractivity contribution is 0.0697. The Morgan fingerprint density at radius 1 is 0.875 bits per heavy atom. The number of hydrogen-bond acceptors (Lipinski definition) is 5. The SMILES string of the molecule is COc1cc(NC(=O)c2ccccc2OC)c(C(=O)O)cc1OC. The van der Waals surface area contributed by atoms with Crippen LogP contribution in [0.15, 0.2) is 36.4 Å². The molecule has 126 valence electrons. The van der Waals surface area contributed by atoms with Gasteiger partial charge in [-0.1, -0.05) is 12.1 Å². The molecule has 24 heavy (non-hydrogen) atoms. The predicted octanol–water partition coefficient (Wildman–Crippen LogP) is 2.66. The van der Waals surface area contributed by atoms with Gasteiger partial charge < -0.3 is 24.6 Å². The van der Waals surface area contributed by atoms with Gasteiger partial charge in [0.15, 0.2) is 11.5 Å². The summed E-state index contributed by atoms with van der Waals surface area (Å²) in [5, 5.41) is 11.9. The molecule has 2 rings (SSSR count). The highest BCUT2D eigenvalue weighted by Crippen LogP contribution is 2.34. The zero-order valence-corrected chi connectivity index (χ0v) is 13.5. The molecular formula is C17H17NO6. The Labute approximate surface area is 138 Å². The topological polar surface area (TPSA) is 94.1 Å². The van der Waals surface area contributed by atoms with Crippen molar-refractivity contribution < 1.29 is 28.9 Å². The van der Waals surface area contributed by atoms with Crippen molar-refractivity contribution in [3.8, 4) is 17.2 Å². The summed E-state index contributed by atoms with van der Waals surface area (Å²) in [6.07, 6.45) is 0. The summed E-state index contributed by atoms with van der Waals surface area (Å²) in [6.45, 7) is 0. The molecule has 0 heterocycles. The number of rotatable bonds is 6. The summed E-state index contributed by atoms with van der Waals surface area (Å²) in [6, 6.07) is 9.32. The molecule has 7 heteroatoms. The average molecular weight is 331 g/mol. The van der Waals surface area contributed by atoms with Crippen molar-refractivity contribution in [3.63, 3.8) is 0 Å². The van der Waals surface area contributed by atoms with Gasteiger partial charge in [-0.2, -0.15) is 0 Å². The summed E-state index contributed by atoms with van der Waals surface area (Å²) >= 11 is 0. The number of hydrogen-bond donors (Lipinski definition) is 2. The van der Waals surface area contributed by atoms with E-state index >= 15 is 0 Å². The number of benzene rings is 2. The predicted molar refractivity (Wildman–Crippen MR) is 87.5 cm³/mol. The fourth-order valence-electron chi connectivity index (χ4n) is 2.18. The summed E-state index contributed by atoms with van der Waals surface area (Å²) in [5.74, 6) is -0.760. The molecule has 0 aliphatic carbocycles. The van der Waals surface area contributed by atoms with E-state index in [9.17, 15) is 14.7 Å². The number of amides is 1. The minimum absolute atomic E-state index is 0.0936. The van der Waals surface area contributed by atoms with Crippen LogP contribution in [0.1, 0.15) is 20.7 Å².